The summed E-state index contributed by atoms with van der Waals surface area (Å²) in [7, 11) is 0. The van der Waals surface area contributed by atoms with E-state index in [-0.39, 0.29) is 38.2 Å². The molecule has 0 amide bonds. The summed E-state index contributed by atoms with van der Waals surface area (Å²) >= 11 is 3.23. The fourth-order valence-electron chi connectivity index (χ4n) is 3.60. The summed E-state index contributed by atoms with van der Waals surface area (Å²) in [5, 5.41) is 60.5. The van der Waals surface area contributed by atoms with Crippen LogP contribution in [0.1, 0.15) is 11.1 Å². The monoisotopic (exact) mass is 525 g/mol. The van der Waals surface area contributed by atoms with E-state index in [4.69, 9.17) is 9.15 Å². The van der Waals surface area contributed by atoms with E-state index in [1.165, 1.54) is 18.2 Å². The maximum atomic E-state index is 13.8. The van der Waals surface area contributed by atoms with Crippen LogP contribution in [-0.2, 0) is 15.3 Å². The number of hydrogen-bond donors (Lipinski definition) is 6. The van der Waals surface area contributed by atoms with E-state index < -0.39 is 47.7 Å². The van der Waals surface area contributed by atoms with Crippen LogP contribution in [0.5, 0.6) is 5.75 Å². The van der Waals surface area contributed by atoms with Crippen molar-refractivity contribution in [3.8, 4) is 17.2 Å². The second kappa shape index (κ2) is 8.17. The normalized spacial score (nSPS) is 27.6. The highest BCUT2D eigenvalue weighted by Crippen LogP contribution is 2.44. The molecule has 4 rings (SSSR count). The first-order chi connectivity index (χ1) is 15.5. The van der Waals surface area contributed by atoms with Gasteiger partial charge in [-0.25, -0.2) is 14.2 Å². The number of halogens is 2. The van der Waals surface area contributed by atoms with E-state index in [1.807, 2.05) is 0 Å². The van der Waals surface area contributed by atoms with E-state index in [0.717, 1.165) is 12.1 Å². The summed E-state index contributed by atoms with van der Waals surface area (Å²) in [6.07, 6.45) is -6.96. The number of aromatic hydroxyl groups is 1. The molecule has 1 fully saturated rings. The first-order valence-electron chi connectivity index (χ1n) is 9.41. The molecular weight excluding hydrogens is 509 g/mol. The van der Waals surface area contributed by atoms with Crippen molar-refractivity contribution in [3.63, 3.8) is 0 Å². The molecule has 0 saturated carbocycles. The van der Waals surface area contributed by atoms with Crippen molar-refractivity contribution in [2.24, 2.45) is 0 Å². The van der Waals surface area contributed by atoms with E-state index in [9.17, 15) is 39.8 Å². The topological polar surface area (TPSA) is 174 Å². The molecule has 3 aromatic rings. The summed E-state index contributed by atoms with van der Waals surface area (Å²) in [6, 6.07) is 4.74. The average Bonchev–Trinajstić information content (AvgIpc) is 3.23. The van der Waals surface area contributed by atoms with Crippen LogP contribution in [0, 0.1) is 5.82 Å². The van der Waals surface area contributed by atoms with Gasteiger partial charge >= 0.3 is 5.97 Å². The zero-order valence-electron chi connectivity index (χ0n) is 16.5. The number of carbonyl (C=O) groups is 1. The lowest BCUT2D eigenvalue weighted by Gasteiger charge is -2.44. The van der Waals surface area contributed by atoms with E-state index in [1.54, 1.807) is 0 Å². The Hall–Kier alpha value is -2.87. The number of nitrogens with zero attached hydrogens (tertiary/aromatic N) is 1. The lowest BCUT2D eigenvalue weighted by Crippen LogP contribution is -2.64. The number of fused-ring (bicyclic) bond motifs is 1. The van der Waals surface area contributed by atoms with Crippen LogP contribution in [0.15, 0.2) is 39.7 Å². The summed E-state index contributed by atoms with van der Waals surface area (Å²) in [5.41, 5.74) is 0.405. The van der Waals surface area contributed by atoms with Gasteiger partial charge in [0.25, 0.3) is 0 Å². The molecule has 174 valence electrons. The van der Waals surface area contributed by atoms with Crippen LogP contribution in [-0.4, -0.2) is 66.0 Å². The lowest BCUT2D eigenvalue weighted by molar-refractivity contribution is -0.350. The maximum Gasteiger partial charge on any atom is 0.335 e. The van der Waals surface area contributed by atoms with Crippen LogP contribution in [0.2, 0.25) is 0 Å². The van der Waals surface area contributed by atoms with Crippen LogP contribution in [0.3, 0.4) is 0 Å². The van der Waals surface area contributed by atoms with Gasteiger partial charge in [-0.3, -0.25) is 0 Å². The molecule has 6 N–H and O–H groups in total. The minimum Gasteiger partial charge on any atom is -0.505 e. The standard InChI is InChI=1S/C21H17BrFNO9/c1-2-7-5-9(21(31)18(28)15(27)14(26)17(33-21)20(29)30)12(22)13-16(7)32-19(24-13)8-3-4-11(25)10(23)6-8/h2-6,14-15,17-18,25-28,31H,1H2,(H,29,30)/t14-,15-,17-,18+,21?/m0/s1. The highest BCUT2D eigenvalue weighted by atomic mass is 79.9. The third-order valence-electron chi connectivity index (χ3n) is 5.37. The first kappa shape index (κ1) is 23.3. The fourth-order valence-corrected chi connectivity index (χ4v) is 4.27. The Morgan fingerprint density at radius 3 is 2.55 bits per heavy atom. The number of aromatic nitrogens is 1. The number of ether oxygens (including phenoxy) is 1. The second-order valence-electron chi connectivity index (χ2n) is 7.39. The summed E-state index contributed by atoms with van der Waals surface area (Å²) < 4.78 is 24.7. The Morgan fingerprint density at radius 1 is 1.24 bits per heavy atom. The predicted octanol–water partition coefficient (Wildman–Crippen LogP) is 1.46. The fraction of sp³-hybridized carbons (Fsp3) is 0.238. The van der Waals surface area contributed by atoms with Crippen molar-refractivity contribution in [1.82, 2.24) is 4.98 Å². The number of oxazole rings is 1. The van der Waals surface area contributed by atoms with Crippen molar-refractivity contribution in [1.29, 1.82) is 0 Å². The van der Waals surface area contributed by atoms with Gasteiger partial charge in [-0.1, -0.05) is 12.7 Å². The molecule has 1 aliphatic heterocycles. The molecule has 1 saturated heterocycles. The minimum atomic E-state index is -2.78. The molecule has 1 aromatic heterocycles. The minimum absolute atomic E-state index is 0.00614. The van der Waals surface area contributed by atoms with Gasteiger partial charge in [-0.05, 0) is 40.2 Å². The van der Waals surface area contributed by atoms with Crippen molar-refractivity contribution >= 4 is 39.1 Å². The number of phenols is 1. The number of rotatable bonds is 4. The van der Waals surface area contributed by atoms with Crippen LogP contribution >= 0.6 is 15.9 Å². The number of benzene rings is 2. The van der Waals surface area contributed by atoms with Crippen molar-refractivity contribution in [2.75, 3.05) is 0 Å². The second-order valence-corrected chi connectivity index (χ2v) is 8.19. The Labute approximate surface area is 192 Å². The smallest absolute Gasteiger partial charge is 0.335 e. The van der Waals surface area contributed by atoms with Crippen LogP contribution < -0.4 is 0 Å². The maximum absolute atomic E-state index is 13.8. The largest absolute Gasteiger partial charge is 0.505 e. The van der Waals surface area contributed by atoms with Gasteiger partial charge < -0.3 is 39.8 Å². The highest BCUT2D eigenvalue weighted by molar-refractivity contribution is 9.10. The third kappa shape index (κ3) is 3.60. The predicted molar refractivity (Wildman–Crippen MR) is 113 cm³/mol. The Kier molecular flexibility index (Phi) is 5.76. The number of carboxylic acid groups (broad SMARTS) is 1. The molecular formula is C21H17BrFNO9. The molecule has 1 aliphatic rings. The van der Waals surface area contributed by atoms with E-state index >= 15 is 0 Å². The first-order valence-corrected chi connectivity index (χ1v) is 10.2. The van der Waals surface area contributed by atoms with Gasteiger partial charge in [-0.2, -0.15) is 0 Å². The lowest BCUT2D eigenvalue weighted by atomic mass is 9.87. The van der Waals surface area contributed by atoms with Crippen molar-refractivity contribution in [3.05, 3.63) is 52.3 Å². The van der Waals surface area contributed by atoms with E-state index in [0.29, 0.717) is 0 Å². The molecule has 0 aliphatic carbocycles. The molecule has 2 heterocycles. The quantitative estimate of drug-likeness (QED) is 0.292. The van der Waals surface area contributed by atoms with Crippen molar-refractivity contribution in [2.45, 2.75) is 30.2 Å². The van der Waals surface area contributed by atoms with Crippen LogP contribution in [0.25, 0.3) is 28.6 Å². The number of aliphatic carboxylic acids is 1. The third-order valence-corrected chi connectivity index (χ3v) is 6.17. The Morgan fingerprint density at radius 2 is 1.94 bits per heavy atom. The van der Waals surface area contributed by atoms with Gasteiger partial charge in [0.15, 0.2) is 23.3 Å². The average molecular weight is 526 g/mol. The zero-order valence-corrected chi connectivity index (χ0v) is 18.1. The molecule has 0 radical (unpaired) electrons. The number of aliphatic hydroxyl groups is 4. The zero-order chi connectivity index (χ0) is 24.2. The van der Waals surface area contributed by atoms with Gasteiger partial charge in [0.2, 0.25) is 11.7 Å². The SMILES string of the molecule is C=Cc1cc(C2(O)O[C@H](C(=O)O)[C@@H](O)[C@H](O)[C@H]2O)c(Br)c2nc(-c3ccc(O)c(F)c3)oc12. The van der Waals surface area contributed by atoms with Gasteiger partial charge in [0.05, 0.1) is 4.47 Å². The van der Waals surface area contributed by atoms with Gasteiger partial charge in [0.1, 0.15) is 23.8 Å². The molecule has 5 atom stereocenters. The number of aliphatic hydroxyl groups excluding tert-OH is 3. The van der Waals surface area contributed by atoms with E-state index in [2.05, 4.69) is 27.5 Å². The molecule has 2 aromatic carbocycles. The van der Waals surface area contributed by atoms with Gasteiger partial charge in [-0.15, -0.1) is 0 Å². The number of hydrogen-bond acceptors (Lipinski definition) is 9. The molecule has 1 unspecified atom stereocenters. The molecule has 12 heteroatoms. The van der Waals surface area contributed by atoms with Crippen LogP contribution in [0.4, 0.5) is 4.39 Å². The highest BCUT2D eigenvalue weighted by Gasteiger charge is 2.56. The number of phenolic OH excluding ortho intramolecular Hbond substituents is 1. The summed E-state index contributed by atoms with van der Waals surface area (Å²) in [6.45, 7) is 3.65. The molecule has 10 nitrogen and oxygen atoms in total. The summed E-state index contributed by atoms with van der Waals surface area (Å²) in [5.74, 6) is -5.98. The van der Waals surface area contributed by atoms with Crippen molar-refractivity contribution < 1.29 is 49.0 Å². The summed E-state index contributed by atoms with van der Waals surface area (Å²) in [4.78, 5) is 15.8. The molecule has 33 heavy (non-hydrogen) atoms. The molecule has 0 bridgehead atoms. The molecule has 0 spiro atoms. The Bertz CT molecular complexity index is 1280. The number of carboxylic acids is 1. The van der Waals surface area contributed by atoms with Gasteiger partial charge in [0, 0.05) is 16.7 Å². The Balaban J connectivity index is 1.91.